The maximum atomic E-state index is 14.2. The molecule has 7 nitrogen and oxygen atoms in total. The van der Waals surface area contributed by atoms with Crippen molar-refractivity contribution >= 4 is 34.3 Å². The number of fused-ring (bicyclic) bond motifs is 3. The summed E-state index contributed by atoms with van der Waals surface area (Å²) in [5, 5.41) is 12.6. The van der Waals surface area contributed by atoms with Crippen molar-refractivity contribution in [2.75, 3.05) is 0 Å². The zero-order valence-electron chi connectivity index (χ0n) is 19.7. The highest BCUT2D eigenvalue weighted by molar-refractivity contribution is 7.98. The van der Waals surface area contributed by atoms with Crippen LogP contribution in [0.5, 0.6) is 0 Å². The molecule has 0 radical (unpaired) electrons. The zero-order valence-corrected chi connectivity index (χ0v) is 20.5. The lowest BCUT2D eigenvalue weighted by Gasteiger charge is -2.15. The summed E-state index contributed by atoms with van der Waals surface area (Å²) in [5.74, 6) is 0.484. The molecule has 0 bridgehead atoms. The first kappa shape index (κ1) is 23.9. The number of carbonyl (C=O) groups excluding carboxylic acids is 1. The molecule has 34 heavy (non-hydrogen) atoms. The van der Waals surface area contributed by atoms with Crippen LogP contribution in [0.3, 0.4) is 0 Å². The number of hydrogen-bond donors (Lipinski definition) is 1. The van der Waals surface area contributed by atoms with Gasteiger partial charge in [0.15, 0.2) is 5.16 Å². The Morgan fingerprint density at radius 3 is 2.62 bits per heavy atom. The quantitative estimate of drug-likeness (QED) is 0.370. The molecule has 1 unspecified atom stereocenters. The van der Waals surface area contributed by atoms with Crippen LogP contribution in [-0.2, 0) is 12.3 Å². The molecule has 9 heteroatoms. The minimum Gasteiger partial charge on any atom is -0.350 e. The van der Waals surface area contributed by atoms with Gasteiger partial charge in [0.05, 0.1) is 10.9 Å². The van der Waals surface area contributed by atoms with E-state index in [1.54, 1.807) is 45.4 Å². The minimum absolute atomic E-state index is 0.0315. The SMILES string of the molecule is CCC(C)NC(=O)c1ccc2c(=O)n(CC(C)C)c3nnc(SCc4ccccc4F)n3c2c1. The molecule has 0 saturated carbocycles. The Hall–Kier alpha value is -3.20. The summed E-state index contributed by atoms with van der Waals surface area (Å²) in [7, 11) is 0. The van der Waals surface area contributed by atoms with Gasteiger partial charge in [-0.05, 0) is 49.1 Å². The largest absolute Gasteiger partial charge is 0.350 e. The number of thioether (sulfide) groups is 1. The lowest BCUT2D eigenvalue weighted by molar-refractivity contribution is 0.0939. The molecule has 2 aromatic heterocycles. The van der Waals surface area contributed by atoms with Crippen molar-refractivity contribution in [2.45, 2.75) is 57.6 Å². The van der Waals surface area contributed by atoms with Crippen molar-refractivity contribution in [1.29, 1.82) is 0 Å². The van der Waals surface area contributed by atoms with Gasteiger partial charge in [0.25, 0.3) is 11.5 Å². The number of aromatic nitrogens is 4. The maximum Gasteiger partial charge on any atom is 0.262 e. The number of rotatable bonds is 8. The van der Waals surface area contributed by atoms with Gasteiger partial charge < -0.3 is 5.32 Å². The Bertz CT molecular complexity index is 1410. The number of benzene rings is 2. The summed E-state index contributed by atoms with van der Waals surface area (Å²) < 4.78 is 17.6. The van der Waals surface area contributed by atoms with Gasteiger partial charge >= 0.3 is 0 Å². The Kier molecular flexibility index (Phi) is 7.02. The second kappa shape index (κ2) is 9.97. The van der Waals surface area contributed by atoms with Crippen LogP contribution in [-0.4, -0.2) is 31.1 Å². The molecular weight excluding hydrogens is 453 g/mol. The summed E-state index contributed by atoms with van der Waals surface area (Å²) in [6, 6.07) is 11.7. The Balaban J connectivity index is 1.87. The Morgan fingerprint density at radius 1 is 1.15 bits per heavy atom. The van der Waals surface area contributed by atoms with Crippen LogP contribution in [0.15, 0.2) is 52.4 Å². The Morgan fingerprint density at radius 2 is 1.91 bits per heavy atom. The first-order valence-corrected chi connectivity index (χ1v) is 12.4. The lowest BCUT2D eigenvalue weighted by Crippen LogP contribution is -2.32. The molecule has 4 rings (SSSR count). The monoisotopic (exact) mass is 481 g/mol. The predicted molar refractivity (Wildman–Crippen MR) is 133 cm³/mol. The third-order valence-electron chi connectivity index (χ3n) is 5.69. The predicted octanol–water partition coefficient (Wildman–Crippen LogP) is 4.66. The van der Waals surface area contributed by atoms with Crippen molar-refractivity contribution in [3.63, 3.8) is 0 Å². The molecule has 0 saturated heterocycles. The van der Waals surface area contributed by atoms with Gasteiger partial charge in [-0.3, -0.25) is 18.6 Å². The molecule has 4 aromatic rings. The summed E-state index contributed by atoms with van der Waals surface area (Å²) in [6.45, 7) is 8.48. The van der Waals surface area contributed by atoms with E-state index >= 15 is 0 Å². The highest BCUT2D eigenvalue weighted by Gasteiger charge is 2.20. The number of amides is 1. The van der Waals surface area contributed by atoms with E-state index in [0.717, 1.165) is 6.42 Å². The molecule has 0 spiro atoms. The molecule has 0 aliphatic carbocycles. The van der Waals surface area contributed by atoms with Gasteiger partial charge in [0, 0.05) is 23.9 Å². The Labute approximate surface area is 201 Å². The van der Waals surface area contributed by atoms with Gasteiger partial charge in [-0.1, -0.05) is 50.7 Å². The van der Waals surface area contributed by atoms with E-state index in [9.17, 15) is 14.0 Å². The summed E-state index contributed by atoms with van der Waals surface area (Å²) in [4.78, 5) is 26.1. The number of nitrogens with zero attached hydrogens (tertiary/aromatic N) is 4. The van der Waals surface area contributed by atoms with Crippen LogP contribution in [0.2, 0.25) is 0 Å². The van der Waals surface area contributed by atoms with Gasteiger partial charge in [-0.2, -0.15) is 0 Å². The van der Waals surface area contributed by atoms with E-state index in [4.69, 9.17) is 0 Å². The highest BCUT2D eigenvalue weighted by atomic mass is 32.2. The minimum atomic E-state index is -0.283. The van der Waals surface area contributed by atoms with Crippen LogP contribution in [0.25, 0.3) is 16.7 Å². The molecular formula is C25H28FN5O2S. The van der Waals surface area contributed by atoms with Crippen LogP contribution in [0, 0.1) is 11.7 Å². The van der Waals surface area contributed by atoms with Crippen LogP contribution in [0.4, 0.5) is 4.39 Å². The van der Waals surface area contributed by atoms with Crippen molar-refractivity contribution < 1.29 is 9.18 Å². The molecule has 0 aliphatic heterocycles. The average Bonchev–Trinajstić information content (AvgIpc) is 3.24. The molecule has 1 N–H and O–H groups in total. The van der Waals surface area contributed by atoms with E-state index < -0.39 is 0 Å². The van der Waals surface area contributed by atoms with Crippen molar-refractivity contribution in [3.05, 3.63) is 69.8 Å². The first-order chi connectivity index (χ1) is 16.3. The van der Waals surface area contributed by atoms with E-state index in [-0.39, 0.29) is 29.2 Å². The van der Waals surface area contributed by atoms with Gasteiger partial charge in [0.2, 0.25) is 5.78 Å². The smallest absolute Gasteiger partial charge is 0.262 e. The van der Waals surface area contributed by atoms with Gasteiger partial charge in [-0.25, -0.2) is 4.39 Å². The fourth-order valence-corrected chi connectivity index (χ4v) is 4.64. The summed E-state index contributed by atoms with van der Waals surface area (Å²) in [6.07, 6.45) is 0.811. The van der Waals surface area contributed by atoms with Crippen LogP contribution >= 0.6 is 11.8 Å². The van der Waals surface area contributed by atoms with Crippen LogP contribution in [0.1, 0.15) is 50.0 Å². The fourth-order valence-electron chi connectivity index (χ4n) is 3.71. The van der Waals surface area contributed by atoms with E-state index in [1.165, 1.54) is 17.8 Å². The van der Waals surface area contributed by atoms with Crippen molar-refractivity contribution in [3.8, 4) is 0 Å². The number of hydrogen-bond acceptors (Lipinski definition) is 5. The highest BCUT2D eigenvalue weighted by Crippen LogP contribution is 2.26. The topological polar surface area (TPSA) is 81.3 Å². The normalized spacial score (nSPS) is 12.5. The fraction of sp³-hybridized carbons (Fsp3) is 0.360. The molecule has 1 atom stereocenters. The molecule has 1 amide bonds. The van der Waals surface area contributed by atoms with Crippen molar-refractivity contribution in [2.24, 2.45) is 5.92 Å². The third kappa shape index (κ3) is 4.70. The zero-order chi connectivity index (χ0) is 24.4. The lowest BCUT2D eigenvalue weighted by atomic mass is 10.1. The third-order valence-corrected chi connectivity index (χ3v) is 6.66. The van der Waals surface area contributed by atoms with E-state index in [1.807, 2.05) is 27.7 Å². The maximum absolute atomic E-state index is 14.2. The van der Waals surface area contributed by atoms with E-state index in [0.29, 0.717) is 45.3 Å². The molecule has 0 aliphatic rings. The second-order valence-electron chi connectivity index (χ2n) is 8.82. The van der Waals surface area contributed by atoms with Gasteiger partial charge in [0.1, 0.15) is 5.82 Å². The molecule has 0 fully saturated rings. The summed E-state index contributed by atoms with van der Waals surface area (Å²) >= 11 is 1.33. The number of nitrogens with one attached hydrogen (secondary N) is 1. The summed E-state index contributed by atoms with van der Waals surface area (Å²) in [5.41, 5.74) is 1.38. The number of carbonyl (C=O) groups is 1. The van der Waals surface area contributed by atoms with E-state index in [2.05, 4.69) is 15.5 Å². The second-order valence-corrected chi connectivity index (χ2v) is 9.76. The molecule has 2 heterocycles. The average molecular weight is 482 g/mol. The first-order valence-electron chi connectivity index (χ1n) is 11.4. The molecule has 178 valence electrons. The van der Waals surface area contributed by atoms with Crippen molar-refractivity contribution in [1.82, 2.24) is 24.5 Å². The molecule has 2 aromatic carbocycles. The van der Waals surface area contributed by atoms with Crippen LogP contribution < -0.4 is 10.9 Å². The standard InChI is InChI=1S/C25H28FN5O2S/c1-5-16(4)27-22(32)17-10-11-19-21(12-17)31-24(30(23(19)33)13-15(2)3)28-29-25(31)34-14-18-8-6-7-9-20(18)26/h6-12,15-16H,5,13-14H2,1-4H3,(H,27,32). The number of halogens is 1. The van der Waals surface area contributed by atoms with Gasteiger partial charge in [-0.15, -0.1) is 10.2 Å².